The zero-order chi connectivity index (χ0) is 11.7. The van der Waals surface area contributed by atoms with E-state index in [1.54, 1.807) is 18.3 Å². The fraction of sp³-hybridized carbons (Fsp3) is 0.182. The van der Waals surface area contributed by atoms with Crippen molar-refractivity contribution in [3.63, 3.8) is 0 Å². The molecule has 1 heterocycles. The van der Waals surface area contributed by atoms with Crippen LogP contribution in [0, 0.1) is 0 Å². The lowest BCUT2D eigenvalue weighted by Gasteiger charge is -1.95. The van der Waals surface area contributed by atoms with Crippen molar-refractivity contribution in [2.75, 3.05) is 0 Å². The van der Waals surface area contributed by atoms with Crippen LogP contribution in [0.3, 0.4) is 0 Å². The Kier molecular flexibility index (Phi) is 3.38. The summed E-state index contributed by atoms with van der Waals surface area (Å²) in [6.45, 7) is 1.76. The van der Waals surface area contributed by atoms with Gasteiger partial charge in [0.05, 0.1) is 10.7 Å². The summed E-state index contributed by atoms with van der Waals surface area (Å²) in [5.41, 5.74) is 0.638. The Hall–Kier alpha value is -0.770. The number of hydrogen-bond donors (Lipinski definition) is 1. The molecule has 1 aromatic heterocycles. The van der Waals surface area contributed by atoms with Gasteiger partial charge < -0.3 is 5.21 Å². The van der Waals surface area contributed by atoms with Gasteiger partial charge in [-0.2, -0.15) is 0 Å². The molecule has 0 aliphatic rings. The van der Waals surface area contributed by atoms with E-state index in [1.165, 1.54) is 0 Å². The minimum absolute atomic E-state index is 0.562. The van der Waals surface area contributed by atoms with E-state index in [-0.39, 0.29) is 0 Å². The normalized spacial score (nSPS) is 12.3. The molecular formula is C11H9Cl2NOS. The Morgan fingerprint density at radius 1 is 1.44 bits per heavy atom. The molecule has 2 nitrogen and oxygen atoms in total. The van der Waals surface area contributed by atoms with E-state index < -0.39 is 0 Å². The van der Waals surface area contributed by atoms with Crippen molar-refractivity contribution in [1.82, 2.24) is 0 Å². The van der Waals surface area contributed by atoms with Gasteiger partial charge in [0, 0.05) is 26.4 Å². The molecule has 16 heavy (non-hydrogen) atoms. The van der Waals surface area contributed by atoms with Crippen molar-refractivity contribution in [3.05, 3.63) is 33.1 Å². The second-order valence-corrected chi connectivity index (χ2v) is 5.44. The van der Waals surface area contributed by atoms with Crippen LogP contribution < -0.4 is 0 Å². The Morgan fingerprint density at radius 2 is 2.19 bits per heavy atom. The maximum absolute atomic E-state index is 8.63. The highest BCUT2D eigenvalue weighted by Crippen LogP contribution is 2.37. The molecule has 1 N–H and O–H groups in total. The fourth-order valence-electron chi connectivity index (χ4n) is 1.47. The topological polar surface area (TPSA) is 32.6 Å². The molecule has 0 spiro atoms. The Balaban J connectivity index is 2.52. The van der Waals surface area contributed by atoms with Crippen LogP contribution in [0.1, 0.15) is 11.8 Å². The van der Waals surface area contributed by atoms with E-state index in [9.17, 15) is 0 Å². The third-order valence-electron chi connectivity index (χ3n) is 2.24. The number of fused-ring (bicyclic) bond motifs is 1. The Bertz CT molecular complexity index is 562. The molecule has 2 rings (SSSR count). The quantitative estimate of drug-likeness (QED) is 0.484. The van der Waals surface area contributed by atoms with Crippen molar-refractivity contribution in [2.24, 2.45) is 5.16 Å². The molecule has 0 radical (unpaired) electrons. The zero-order valence-corrected chi connectivity index (χ0v) is 10.8. The fourth-order valence-corrected chi connectivity index (χ4v) is 3.19. The minimum atomic E-state index is 0.562. The summed E-state index contributed by atoms with van der Waals surface area (Å²) in [5, 5.41) is 14.1. The number of halogens is 2. The van der Waals surface area contributed by atoms with Gasteiger partial charge in [-0.1, -0.05) is 28.4 Å². The summed E-state index contributed by atoms with van der Waals surface area (Å²) in [4.78, 5) is 0.995. The summed E-state index contributed by atoms with van der Waals surface area (Å²) in [6, 6.07) is 5.64. The molecule has 0 aliphatic heterocycles. The number of thiophene rings is 1. The SMILES string of the molecule is C/C(Cc1sc2ccc(Cl)cc2c1Cl)=N\O. The van der Waals surface area contributed by atoms with E-state index in [4.69, 9.17) is 28.4 Å². The van der Waals surface area contributed by atoms with E-state index >= 15 is 0 Å². The number of oxime groups is 1. The predicted molar refractivity (Wildman–Crippen MR) is 70.4 cm³/mol. The first-order valence-corrected chi connectivity index (χ1v) is 6.23. The molecule has 0 bridgehead atoms. The summed E-state index contributed by atoms with van der Waals surface area (Å²) >= 11 is 13.8. The molecular weight excluding hydrogens is 265 g/mol. The molecule has 0 aliphatic carbocycles. The monoisotopic (exact) mass is 273 g/mol. The standard InChI is InChI=1S/C11H9Cl2NOS/c1-6(14-15)4-10-11(13)8-5-7(12)2-3-9(8)16-10/h2-3,5,15H,4H2,1H3/b14-6+. The minimum Gasteiger partial charge on any atom is -0.411 e. The van der Waals surface area contributed by atoms with Gasteiger partial charge in [-0.25, -0.2) is 0 Å². The summed E-state index contributed by atoms with van der Waals surface area (Å²) in [6.07, 6.45) is 0.562. The first-order chi connectivity index (χ1) is 7.61. The lowest BCUT2D eigenvalue weighted by molar-refractivity contribution is 0.318. The third-order valence-corrected chi connectivity index (χ3v) is 4.19. The number of nitrogens with zero attached hydrogens (tertiary/aromatic N) is 1. The van der Waals surface area contributed by atoms with E-state index in [2.05, 4.69) is 5.16 Å². The molecule has 5 heteroatoms. The van der Waals surface area contributed by atoms with Crippen LogP contribution in [-0.4, -0.2) is 10.9 Å². The van der Waals surface area contributed by atoms with Gasteiger partial charge in [0.15, 0.2) is 0 Å². The first-order valence-electron chi connectivity index (χ1n) is 4.65. The van der Waals surface area contributed by atoms with Crippen molar-refractivity contribution in [1.29, 1.82) is 0 Å². The van der Waals surface area contributed by atoms with Crippen LogP contribution in [0.4, 0.5) is 0 Å². The van der Waals surface area contributed by atoms with Crippen LogP contribution in [0.5, 0.6) is 0 Å². The van der Waals surface area contributed by atoms with Gasteiger partial charge in [-0.15, -0.1) is 11.3 Å². The summed E-state index contributed by atoms with van der Waals surface area (Å²) in [7, 11) is 0. The van der Waals surface area contributed by atoms with Crippen LogP contribution in [-0.2, 0) is 6.42 Å². The average molecular weight is 274 g/mol. The summed E-state index contributed by atoms with van der Waals surface area (Å²) < 4.78 is 1.09. The second kappa shape index (κ2) is 4.62. The van der Waals surface area contributed by atoms with Crippen LogP contribution in [0.25, 0.3) is 10.1 Å². The van der Waals surface area contributed by atoms with Gasteiger partial charge in [-0.3, -0.25) is 0 Å². The number of benzene rings is 1. The van der Waals surface area contributed by atoms with E-state index in [0.717, 1.165) is 15.0 Å². The molecule has 0 amide bonds. The highest BCUT2D eigenvalue weighted by atomic mass is 35.5. The molecule has 2 aromatic rings. The van der Waals surface area contributed by atoms with Gasteiger partial charge in [-0.05, 0) is 25.1 Å². The molecule has 84 valence electrons. The maximum atomic E-state index is 8.63. The second-order valence-electron chi connectivity index (χ2n) is 3.49. The highest BCUT2D eigenvalue weighted by Gasteiger charge is 2.11. The molecule has 1 aromatic carbocycles. The third kappa shape index (κ3) is 2.17. The van der Waals surface area contributed by atoms with Crippen LogP contribution in [0.15, 0.2) is 23.4 Å². The molecule has 0 fully saturated rings. The predicted octanol–water partition coefficient (Wildman–Crippen LogP) is 4.60. The maximum Gasteiger partial charge on any atom is 0.0628 e. The van der Waals surface area contributed by atoms with Gasteiger partial charge in [0.1, 0.15) is 0 Å². The molecule has 0 atom stereocenters. The van der Waals surface area contributed by atoms with Gasteiger partial charge in [0.25, 0.3) is 0 Å². The molecule has 0 saturated carbocycles. The van der Waals surface area contributed by atoms with Crippen LogP contribution in [0.2, 0.25) is 10.0 Å². The Labute approximate surface area is 107 Å². The molecule has 0 unspecified atom stereocenters. The van der Waals surface area contributed by atoms with Crippen LogP contribution >= 0.6 is 34.5 Å². The summed E-state index contributed by atoms with van der Waals surface area (Å²) in [5.74, 6) is 0. The van der Waals surface area contributed by atoms with E-state index in [1.807, 2.05) is 18.2 Å². The van der Waals surface area contributed by atoms with Crippen molar-refractivity contribution < 1.29 is 5.21 Å². The van der Waals surface area contributed by atoms with Gasteiger partial charge >= 0.3 is 0 Å². The first kappa shape index (κ1) is 11.7. The lowest BCUT2D eigenvalue weighted by Crippen LogP contribution is -1.95. The highest BCUT2D eigenvalue weighted by molar-refractivity contribution is 7.19. The van der Waals surface area contributed by atoms with E-state index in [0.29, 0.717) is 22.2 Å². The Morgan fingerprint density at radius 3 is 2.88 bits per heavy atom. The number of rotatable bonds is 2. The van der Waals surface area contributed by atoms with Gasteiger partial charge in [0.2, 0.25) is 0 Å². The number of hydrogen-bond acceptors (Lipinski definition) is 3. The smallest absolute Gasteiger partial charge is 0.0628 e. The largest absolute Gasteiger partial charge is 0.411 e. The molecule has 0 saturated heterocycles. The van der Waals surface area contributed by atoms with Crippen molar-refractivity contribution >= 4 is 50.3 Å². The average Bonchev–Trinajstić information content (AvgIpc) is 2.56. The lowest BCUT2D eigenvalue weighted by atomic mass is 10.2. The zero-order valence-electron chi connectivity index (χ0n) is 8.50. The van der Waals surface area contributed by atoms with Crippen molar-refractivity contribution in [3.8, 4) is 0 Å². The van der Waals surface area contributed by atoms with Crippen molar-refractivity contribution in [2.45, 2.75) is 13.3 Å².